The molecule has 0 saturated carbocycles. The molecule has 0 aliphatic carbocycles. The van der Waals surface area contributed by atoms with E-state index >= 15 is 0 Å². The predicted octanol–water partition coefficient (Wildman–Crippen LogP) is 1.78. The number of ether oxygens (including phenoxy) is 2. The number of nitrogens with two attached hydrogens (primary N) is 1. The number of hydrogen-bond acceptors (Lipinski definition) is 5. The summed E-state index contributed by atoms with van der Waals surface area (Å²) in [6, 6.07) is 12.0. The molecule has 2 aromatic carbocycles. The van der Waals surface area contributed by atoms with Crippen molar-refractivity contribution in [1.82, 2.24) is 4.90 Å². The lowest BCUT2D eigenvalue weighted by Gasteiger charge is -2.35. The highest BCUT2D eigenvalue weighted by Crippen LogP contribution is 2.39. The molecule has 2 aromatic rings. The smallest absolute Gasteiger partial charge is 0.244 e. The lowest BCUT2D eigenvalue weighted by molar-refractivity contribution is -0.135. The highest BCUT2D eigenvalue weighted by Gasteiger charge is 2.33. The predicted molar refractivity (Wildman–Crippen MR) is 93.3 cm³/mol. The largest absolute Gasteiger partial charge is 0.496 e. The maximum absolute atomic E-state index is 12.8. The number of carbonyl (C=O) groups excluding carboxylic acids is 1. The van der Waals surface area contributed by atoms with Gasteiger partial charge in [-0.15, -0.1) is 0 Å². The number of methoxy groups -OCH3 is 2. The summed E-state index contributed by atoms with van der Waals surface area (Å²) in [5.74, 6) is 0.962. The second kappa shape index (κ2) is 7.13. The van der Waals surface area contributed by atoms with E-state index in [4.69, 9.17) is 15.2 Å². The Kier molecular flexibility index (Phi) is 4.92. The summed E-state index contributed by atoms with van der Waals surface area (Å²) in [6.07, 6.45) is -0.860. The monoisotopic (exact) mass is 342 g/mol. The molecule has 3 rings (SSSR count). The van der Waals surface area contributed by atoms with Crippen LogP contribution in [0.1, 0.15) is 28.8 Å². The molecule has 132 valence electrons. The molecule has 6 heteroatoms. The van der Waals surface area contributed by atoms with Crippen LogP contribution in [-0.4, -0.2) is 36.7 Å². The second-order valence-electron chi connectivity index (χ2n) is 5.99. The van der Waals surface area contributed by atoms with Crippen LogP contribution in [0.5, 0.6) is 11.5 Å². The molecule has 0 radical (unpaired) electrons. The zero-order valence-corrected chi connectivity index (χ0v) is 14.3. The van der Waals surface area contributed by atoms with Crippen molar-refractivity contribution in [3.05, 3.63) is 59.2 Å². The van der Waals surface area contributed by atoms with Gasteiger partial charge in [-0.25, -0.2) is 0 Å². The van der Waals surface area contributed by atoms with Crippen molar-refractivity contribution in [2.24, 2.45) is 5.73 Å². The molecule has 0 saturated heterocycles. The number of hydrogen-bond donors (Lipinski definition) is 2. The maximum atomic E-state index is 12.8. The first-order chi connectivity index (χ1) is 12.1. The Bertz CT molecular complexity index is 764. The quantitative estimate of drug-likeness (QED) is 0.885. The van der Waals surface area contributed by atoms with Crippen molar-refractivity contribution in [2.75, 3.05) is 20.8 Å². The van der Waals surface area contributed by atoms with Crippen molar-refractivity contribution in [1.29, 1.82) is 0 Å². The van der Waals surface area contributed by atoms with Gasteiger partial charge in [-0.3, -0.25) is 4.79 Å². The molecule has 1 aliphatic heterocycles. The first-order valence-corrected chi connectivity index (χ1v) is 8.08. The van der Waals surface area contributed by atoms with Gasteiger partial charge >= 0.3 is 0 Å². The maximum Gasteiger partial charge on any atom is 0.244 e. The minimum atomic E-state index is -0.860. The van der Waals surface area contributed by atoms with Crippen LogP contribution in [0, 0.1) is 0 Å². The van der Waals surface area contributed by atoms with Crippen LogP contribution in [0.15, 0.2) is 42.5 Å². The van der Waals surface area contributed by atoms with Crippen molar-refractivity contribution >= 4 is 5.91 Å². The molecule has 0 fully saturated rings. The SMILES string of the molecule is COc1ccc(OC)c2c1CN(C(=O)C(N)c1ccccc1)CC2O. The zero-order chi connectivity index (χ0) is 18.0. The minimum Gasteiger partial charge on any atom is -0.496 e. The van der Waals surface area contributed by atoms with Crippen LogP contribution in [0.4, 0.5) is 0 Å². The van der Waals surface area contributed by atoms with E-state index in [0.29, 0.717) is 23.6 Å². The third-order valence-electron chi connectivity index (χ3n) is 4.53. The Morgan fingerprint density at radius 3 is 2.44 bits per heavy atom. The molecule has 25 heavy (non-hydrogen) atoms. The minimum absolute atomic E-state index is 0.163. The topological polar surface area (TPSA) is 85.0 Å². The number of rotatable bonds is 4. The van der Waals surface area contributed by atoms with E-state index in [9.17, 15) is 9.90 Å². The molecule has 1 heterocycles. The number of benzene rings is 2. The van der Waals surface area contributed by atoms with E-state index in [0.717, 1.165) is 11.1 Å². The lowest BCUT2D eigenvalue weighted by atomic mass is 9.94. The van der Waals surface area contributed by atoms with Gasteiger partial charge in [0, 0.05) is 17.7 Å². The third-order valence-corrected chi connectivity index (χ3v) is 4.53. The summed E-state index contributed by atoms with van der Waals surface area (Å²) < 4.78 is 10.7. The number of β-amino-alcohol motifs (C(OH)–C–C–N with tert-alkyl or cyclic N) is 1. The molecule has 1 aliphatic rings. The Morgan fingerprint density at radius 1 is 1.16 bits per heavy atom. The molecule has 2 atom stereocenters. The molecule has 0 spiro atoms. The van der Waals surface area contributed by atoms with Gasteiger partial charge in [0.25, 0.3) is 0 Å². The zero-order valence-electron chi connectivity index (χ0n) is 14.3. The van der Waals surface area contributed by atoms with E-state index in [2.05, 4.69) is 0 Å². The van der Waals surface area contributed by atoms with Gasteiger partial charge in [0.1, 0.15) is 23.6 Å². The summed E-state index contributed by atoms with van der Waals surface area (Å²) in [5.41, 5.74) is 8.28. The van der Waals surface area contributed by atoms with Gasteiger partial charge in [0.15, 0.2) is 0 Å². The van der Waals surface area contributed by atoms with Gasteiger partial charge in [-0.2, -0.15) is 0 Å². The summed E-state index contributed by atoms with van der Waals surface area (Å²) in [5, 5.41) is 10.6. The average molecular weight is 342 g/mol. The van der Waals surface area contributed by atoms with Crippen LogP contribution in [0.2, 0.25) is 0 Å². The molecule has 2 unspecified atom stereocenters. The summed E-state index contributed by atoms with van der Waals surface area (Å²) >= 11 is 0. The van der Waals surface area contributed by atoms with Crippen LogP contribution in [0.3, 0.4) is 0 Å². The second-order valence-corrected chi connectivity index (χ2v) is 5.99. The summed E-state index contributed by atoms with van der Waals surface area (Å²) in [7, 11) is 3.11. The normalized spacial score (nSPS) is 17.6. The van der Waals surface area contributed by atoms with E-state index in [1.54, 1.807) is 31.3 Å². The fourth-order valence-corrected chi connectivity index (χ4v) is 3.24. The Labute approximate surface area is 146 Å². The average Bonchev–Trinajstić information content (AvgIpc) is 2.66. The van der Waals surface area contributed by atoms with Crippen LogP contribution in [0.25, 0.3) is 0 Å². The van der Waals surface area contributed by atoms with Crippen molar-refractivity contribution in [3.8, 4) is 11.5 Å². The van der Waals surface area contributed by atoms with Crippen molar-refractivity contribution < 1.29 is 19.4 Å². The van der Waals surface area contributed by atoms with E-state index < -0.39 is 12.1 Å². The van der Waals surface area contributed by atoms with E-state index in [-0.39, 0.29) is 12.5 Å². The highest BCUT2D eigenvalue weighted by atomic mass is 16.5. The molecular formula is C19H22N2O4. The van der Waals surface area contributed by atoms with Gasteiger partial charge in [-0.1, -0.05) is 30.3 Å². The Hall–Kier alpha value is -2.57. The number of amides is 1. The first kappa shape index (κ1) is 17.3. The van der Waals surface area contributed by atoms with Gasteiger partial charge in [0.2, 0.25) is 5.91 Å². The fraction of sp³-hybridized carbons (Fsp3) is 0.316. The molecule has 3 N–H and O–H groups in total. The molecule has 0 aromatic heterocycles. The first-order valence-electron chi connectivity index (χ1n) is 8.08. The molecule has 0 bridgehead atoms. The summed E-state index contributed by atoms with van der Waals surface area (Å²) in [4.78, 5) is 14.4. The lowest BCUT2D eigenvalue weighted by Crippen LogP contribution is -2.43. The van der Waals surface area contributed by atoms with Crippen LogP contribution >= 0.6 is 0 Å². The standard InChI is InChI=1S/C19H22N2O4/c1-24-15-8-9-16(25-2)17-13(15)10-21(11-14(17)22)19(23)18(20)12-6-4-3-5-7-12/h3-9,14,18,22H,10-11,20H2,1-2H3. The number of nitrogens with zero attached hydrogens (tertiary/aromatic N) is 1. The van der Waals surface area contributed by atoms with E-state index in [1.807, 2.05) is 30.3 Å². The number of aliphatic hydroxyl groups excluding tert-OH is 1. The van der Waals surface area contributed by atoms with Gasteiger partial charge in [-0.05, 0) is 17.7 Å². The highest BCUT2D eigenvalue weighted by molar-refractivity contribution is 5.83. The Morgan fingerprint density at radius 2 is 1.80 bits per heavy atom. The Balaban J connectivity index is 1.92. The van der Waals surface area contributed by atoms with E-state index in [1.165, 1.54) is 0 Å². The molecular weight excluding hydrogens is 320 g/mol. The molecule has 6 nitrogen and oxygen atoms in total. The molecule has 1 amide bonds. The van der Waals surface area contributed by atoms with Crippen LogP contribution in [-0.2, 0) is 11.3 Å². The van der Waals surface area contributed by atoms with Gasteiger partial charge in [0.05, 0.1) is 20.8 Å². The van der Waals surface area contributed by atoms with Gasteiger partial charge < -0.3 is 25.2 Å². The number of carbonyl (C=O) groups is 1. The number of aliphatic hydroxyl groups is 1. The van der Waals surface area contributed by atoms with Crippen LogP contribution < -0.4 is 15.2 Å². The fourth-order valence-electron chi connectivity index (χ4n) is 3.24. The van der Waals surface area contributed by atoms with Crippen molar-refractivity contribution in [3.63, 3.8) is 0 Å². The third kappa shape index (κ3) is 3.18. The number of fused-ring (bicyclic) bond motifs is 1. The summed E-state index contributed by atoms with van der Waals surface area (Å²) in [6.45, 7) is 0.474. The van der Waals surface area contributed by atoms with Crippen molar-refractivity contribution in [2.45, 2.75) is 18.7 Å².